The van der Waals surface area contributed by atoms with E-state index >= 15 is 0 Å². The first kappa shape index (κ1) is 13.1. The fraction of sp³-hybridized carbons (Fsp3) is 0.941. The minimum absolute atomic E-state index is 0.0564. The van der Waals surface area contributed by atoms with Gasteiger partial charge in [-0.1, -0.05) is 6.92 Å². The molecular formula is C17H28N2O. The molecule has 1 heterocycles. The third-order valence-corrected chi connectivity index (χ3v) is 6.59. The quantitative estimate of drug-likeness (QED) is 0.812. The Labute approximate surface area is 122 Å². The lowest BCUT2D eigenvalue weighted by Crippen LogP contribution is -2.60. The molecule has 5 aliphatic rings. The predicted octanol–water partition coefficient (Wildman–Crippen LogP) is 2.32. The van der Waals surface area contributed by atoms with Crippen LogP contribution in [0.4, 0.5) is 0 Å². The molecule has 4 aliphatic carbocycles. The zero-order valence-corrected chi connectivity index (χ0v) is 12.6. The molecule has 1 amide bonds. The van der Waals surface area contributed by atoms with Gasteiger partial charge in [-0.25, -0.2) is 0 Å². The molecule has 2 N–H and O–H groups in total. The molecule has 0 spiro atoms. The molecule has 5 fully saturated rings. The van der Waals surface area contributed by atoms with Crippen LogP contribution in [0, 0.1) is 29.6 Å². The fourth-order valence-electron chi connectivity index (χ4n) is 5.82. The van der Waals surface area contributed by atoms with Crippen molar-refractivity contribution in [2.75, 3.05) is 6.54 Å². The van der Waals surface area contributed by atoms with Crippen molar-refractivity contribution in [3.8, 4) is 0 Å². The summed E-state index contributed by atoms with van der Waals surface area (Å²) in [5, 5.41) is 6.89. The standard InChI is InChI=1S/C17H28N2O/c1-10-3-2-4-18-15(10)17(20)19-16-13-6-11-5-12(8-13)9-14(16)7-11/h10-16,18H,2-9H2,1H3,(H,19,20). The Morgan fingerprint density at radius 1 is 1.05 bits per heavy atom. The molecule has 20 heavy (non-hydrogen) atoms. The average Bonchev–Trinajstić information content (AvgIpc) is 2.42. The molecular weight excluding hydrogens is 248 g/mol. The van der Waals surface area contributed by atoms with Crippen LogP contribution in [0.15, 0.2) is 0 Å². The molecule has 3 heteroatoms. The van der Waals surface area contributed by atoms with E-state index in [9.17, 15) is 4.79 Å². The van der Waals surface area contributed by atoms with Gasteiger partial charge in [-0.3, -0.25) is 4.79 Å². The van der Waals surface area contributed by atoms with Crippen LogP contribution in [-0.4, -0.2) is 24.5 Å². The summed E-state index contributed by atoms with van der Waals surface area (Å²) in [6.45, 7) is 3.22. The van der Waals surface area contributed by atoms with E-state index in [4.69, 9.17) is 0 Å². The number of rotatable bonds is 2. The molecule has 0 radical (unpaired) electrons. The molecule has 1 saturated heterocycles. The Morgan fingerprint density at radius 3 is 2.30 bits per heavy atom. The highest BCUT2D eigenvalue weighted by atomic mass is 16.2. The van der Waals surface area contributed by atoms with Gasteiger partial charge in [-0.2, -0.15) is 0 Å². The van der Waals surface area contributed by atoms with Crippen molar-refractivity contribution in [3.05, 3.63) is 0 Å². The van der Waals surface area contributed by atoms with Gasteiger partial charge in [-0.15, -0.1) is 0 Å². The first-order valence-corrected chi connectivity index (χ1v) is 8.74. The van der Waals surface area contributed by atoms with Crippen molar-refractivity contribution in [2.24, 2.45) is 29.6 Å². The molecule has 0 aromatic heterocycles. The Kier molecular flexibility index (Phi) is 3.29. The van der Waals surface area contributed by atoms with Crippen molar-refractivity contribution >= 4 is 5.91 Å². The van der Waals surface area contributed by atoms with E-state index in [1.54, 1.807) is 0 Å². The van der Waals surface area contributed by atoms with Crippen molar-refractivity contribution < 1.29 is 4.79 Å². The minimum Gasteiger partial charge on any atom is -0.351 e. The SMILES string of the molecule is CC1CCCNC1C(=O)NC1C2CC3CC(C2)CC1C3. The van der Waals surface area contributed by atoms with Gasteiger partial charge in [0.05, 0.1) is 6.04 Å². The first-order chi connectivity index (χ1) is 9.70. The first-order valence-electron chi connectivity index (χ1n) is 8.74. The van der Waals surface area contributed by atoms with Crippen LogP contribution < -0.4 is 10.6 Å². The highest BCUT2D eigenvalue weighted by molar-refractivity contribution is 5.82. The zero-order valence-electron chi connectivity index (χ0n) is 12.6. The maximum Gasteiger partial charge on any atom is 0.237 e. The van der Waals surface area contributed by atoms with Crippen LogP contribution in [0.1, 0.15) is 51.9 Å². The predicted molar refractivity (Wildman–Crippen MR) is 79.2 cm³/mol. The summed E-state index contributed by atoms with van der Waals surface area (Å²) < 4.78 is 0. The number of carbonyl (C=O) groups is 1. The zero-order chi connectivity index (χ0) is 13.7. The van der Waals surface area contributed by atoms with Crippen LogP contribution in [0.3, 0.4) is 0 Å². The second-order valence-corrected chi connectivity index (χ2v) is 8.02. The summed E-state index contributed by atoms with van der Waals surface area (Å²) in [6, 6.07) is 0.548. The van der Waals surface area contributed by atoms with Crippen LogP contribution in [0.25, 0.3) is 0 Å². The van der Waals surface area contributed by atoms with Crippen molar-refractivity contribution in [1.82, 2.24) is 10.6 Å². The molecule has 3 nitrogen and oxygen atoms in total. The summed E-state index contributed by atoms with van der Waals surface area (Å²) in [7, 11) is 0. The smallest absolute Gasteiger partial charge is 0.237 e. The topological polar surface area (TPSA) is 41.1 Å². The largest absolute Gasteiger partial charge is 0.351 e. The third-order valence-electron chi connectivity index (χ3n) is 6.59. The van der Waals surface area contributed by atoms with Gasteiger partial charge in [0.1, 0.15) is 0 Å². The molecule has 4 saturated carbocycles. The lowest BCUT2D eigenvalue weighted by Gasteiger charge is -2.54. The second-order valence-electron chi connectivity index (χ2n) is 8.02. The number of nitrogens with one attached hydrogen (secondary N) is 2. The van der Waals surface area contributed by atoms with Crippen molar-refractivity contribution in [2.45, 2.75) is 64.0 Å². The third kappa shape index (κ3) is 2.18. The number of amides is 1. The summed E-state index contributed by atoms with van der Waals surface area (Å²) in [4.78, 5) is 12.6. The lowest BCUT2D eigenvalue weighted by molar-refractivity contribution is -0.128. The average molecular weight is 276 g/mol. The molecule has 5 rings (SSSR count). The minimum atomic E-state index is 0.0564. The Morgan fingerprint density at radius 2 is 1.70 bits per heavy atom. The van der Waals surface area contributed by atoms with Gasteiger partial charge in [0.2, 0.25) is 5.91 Å². The molecule has 1 aliphatic heterocycles. The van der Waals surface area contributed by atoms with Gasteiger partial charge in [-0.05, 0) is 81.1 Å². The molecule has 2 unspecified atom stereocenters. The highest BCUT2D eigenvalue weighted by Gasteiger charge is 2.49. The summed E-state index contributed by atoms with van der Waals surface area (Å²) >= 11 is 0. The maximum atomic E-state index is 12.6. The maximum absolute atomic E-state index is 12.6. The van der Waals surface area contributed by atoms with E-state index < -0.39 is 0 Å². The van der Waals surface area contributed by atoms with Gasteiger partial charge in [0.25, 0.3) is 0 Å². The van der Waals surface area contributed by atoms with Crippen molar-refractivity contribution in [1.29, 1.82) is 0 Å². The van der Waals surface area contributed by atoms with E-state index in [0.29, 0.717) is 12.0 Å². The molecule has 2 atom stereocenters. The fourth-order valence-corrected chi connectivity index (χ4v) is 5.82. The molecule has 4 bridgehead atoms. The van der Waals surface area contributed by atoms with Crippen LogP contribution in [0.5, 0.6) is 0 Å². The van der Waals surface area contributed by atoms with Gasteiger partial charge in [0.15, 0.2) is 0 Å². The van der Waals surface area contributed by atoms with Gasteiger partial charge >= 0.3 is 0 Å². The number of hydrogen-bond donors (Lipinski definition) is 2. The molecule has 0 aromatic rings. The summed E-state index contributed by atoms with van der Waals surface area (Å²) in [6.07, 6.45) is 9.40. The second kappa shape index (κ2) is 5.01. The lowest BCUT2D eigenvalue weighted by atomic mass is 9.54. The van der Waals surface area contributed by atoms with E-state index in [2.05, 4.69) is 17.6 Å². The Balaban J connectivity index is 1.42. The monoisotopic (exact) mass is 276 g/mol. The Bertz CT molecular complexity index is 366. The van der Waals surface area contributed by atoms with Crippen molar-refractivity contribution in [3.63, 3.8) is 0 Å². The van der Waals surface area contributed by atoms with Crippen LogP contribution in [0.2, 0.25) is 0 Å². The van der Waals surface area contributed by atoms with Gasteiger partial charge in [0, 0.05) is 6.04 Å². The normalized spacial score (nSPS) is 50.1. The number of hydrogen-bond acceptors (Lipinski definition) is 2. The highest BCUT2D eigenvalue weighted by Crippen LogP contribution is 2.53. The van der Waals surface area contributed by atoms with Crippen LogP contribution >= 0.6 is 0 Å². The van der Waals surface area contributed by atoms with Crippen LogP contribution in [-0.2, 0) is 4.79 Å². The number of carbonyl (C=O) groups excluding carboxylic acids is 1. The molecule has 0 aromatic carbocycles. The summed E-state index contributed by atoms with van der Waals surface area (Å²) in [5.41, 5.74) is 0. The van der Waals surface area contributed by atoms with E-state index in [-0.39, 0.29) is 11.9 Å². The van der Waals surface area contributed by atoms with Gasteiger partial charge < -0.3 is 10.6 Å². The summed E-state index contributed by atoms with van der Waals surface area (Å²) in [5.74, 6) is 4.31. The van der Waals surface area contributed by atoms with E-state index in [1.807, 2.05) is 0 Å². The molecule has 112 valence electrons. The van der Waals surface area contributed by atoms with E-state index in [1.165, 1.54) is 44.9 Å². The number of piperidine rings is 1. The Hall–Kier alpha value is -0.570. The van der Waals surface area contributed by atoms with E-state index in [0.717, 1.165) is 30.2 Å².